The number of carbonyl (C=O) groups excluding carboxylic acids is 2. The first-order chi connectivity index (χ1) is 29.3. The van der Waals surface area contributed by atoms with Crippen molar-refractivity contribution >= 4 is 11.8 Å². The minimum Gasteiger partial charge on any atom is -0.394 e. The lowest BCUT2D eigenvalue weighted by Crippen LogP contribution is -2.70. The molecule has 5 saturated heterocycles. The largest absolute Gasteiger partial charge is 0.394 e. The van der Waals surface area contributed by atoms with E-state index in [0.29, 0.717) is 0 Å². The van der Waals surface area contributed by atoms with Crippen molar-refractivity contribution in [2.45, 2.75) is 167 Å². The predicted molar refractivity (Wildman–Crippen MR) is 190 cm³/mol. The topological polar surface area (TPSA) is 445 Å². The molecule has 62 heavy (non-hydrogen) atoms. The molecule has 25 atom stereocenters. The summed E-state index contributed by atoms with van der Waals surface area (Å²) in [6, 6.07) is -3.21. The fourth-order valence-electron chi connectivity index (χ4n) is 7.73. The summed E-state index contributed by atoms with van der Waals surface area (Å²) in [6.07, 6.45) is -42.3. The molecule has 0 aliphatic carbocycles. The lowest BCUT2D eigenvalue weighted by molar-refractivity contribution is -0.382. The van der Waals surface area contributed by atoms with Crippen LogP contribution in [-0.2, 0) is 52.2 Å². The van der Waals surface area contributed by atoms with Gasteiger partial charge < -0.3 is 130 Å². The molecule has 360 valence electrons. The van der Waals surface area contributed by atoms with E-state index in [9.17, 15) is 86.2 Å². The van der Waals surface area contributed by atoms with Crippen LogP contribution in [-0.4, -0.2) is 275 Å². The third-order valence-electron chi connectivity index (χ3n) is 11.1. The zero-order valence-corrected chi connectivity index (χ0v) is 33.2. The van der Waals surface area contributed by atoms with E-state index in [1.54, 1.807) is 0 Å². The minimum absolute atomic E-state index is 0.704. The number of hydrogen-bond donors (Lipinski definition) is 17. The van der Waals surface area contributed by atoms with Gasteiger partial charge in [0.15, 0.2) is 31.5 Å². The Morgan fingerprint density at radius 2 is 0.855 bits per heavy atom. The molecule has 0 spiro atoms. The molecule has 5 rings (SSSR count). The molecule has 17 N–H and O–H groups in total. The summed E-state index contributed by atoms with van der Waals surface area (Å²) in [4.78, 5) is 24.4. The number of ether oxygens (including phenoxy) is 9. The van der Waals surface area contributed by atoms with E-state index in [1.807, 2.05) is 0 Å². The maximum atomic E-state index is 12.5. The fourth-order valence-corrected chi connectivity index (χ4v) is 7.73. The molecule has 0 saturated carbocycles. The molecule has 0 aromatic heterocycles. The second kappa shape index (κ2) is 22.0. The first-order valence-corrected chi connectivity index (χ1v) is 19.6. The number of rotatable bonds is 15. The van der Waals surface area contributed by atoms with Gasteiger partial charge >= 0.3 is 0 Å². The molecular weight excluding hydrogens is 852 g/mol. The number of nitrogens with one attached hydrogen (secondary N) is 2. The lowest BCUT2D eigenvalue weighted by atomic mass is 9.94. The van der Waals surface area contributed by atoms with Gasteiger partial charge in [-0.25, -0.2) is 0 Å². The van der Waals surface area contributed by atoms with Crippen LogP contribution in [0.1, 0.15) is 13.8 Å². The smallest absolute Gasteiger partial charge is 0.217 e. The van der Waals surface area contributed by atoms with Crippen LogP contribution in [0.5, 0.6) is 0 Å². The van der Waals surface area contributed by atoms with E-state index in [2.05, 4.69) is 10.6 Å². The van der Waals surface area contributed by atoms with Gasteiger partial charge in [0.25, 0.3) is 0 Å². The van der Waals surface area contributed by atoms with E-state index in [1.165, 1.54) is 0 Å². The van der Waals surface area contributed by atoms with Crippen molar-refractivity contribution in [3.63, 3.8) is 0 Å². The summed E-state index contributed by atoms with van der Waals surface area (Å²) in [5.41, 5.74) is 0. The van der Waals surface area contributed by atoms with E-state index >= 15 is 0 Å². The van der Waals surface area contributed by atoms with Gasteiger partial charge in [0.2, 0.25) is 11.8 Å². The predicted octanol–water partition coefficient (Wildman–Crippen LogP) is -11.6. The summed E-state index contributed by atoms with van der Waals surface area (Å²) in [5.74, 6) is -1.53. The van der Waals surface area contributed by atoms with Gasteiger partial charge in [-0.05, 0) is 0 Å². The molecule has 28 nitrogen and oxygen atoms in total. The molecule has 1 unspecified atom stereocenters. The second-order valence-corrected chi connectivity index (χ2v) is 15.5. The standard InChI is InChI=1S/C34H58N2O26/c1-8(41)35-15-20(46)17(43)10(3-37)56-31(15)54-7-14-19(45)29(26(52)34(59-14)61-28-12(5-39)55-30(53)24(50)23(28)49)62-32-16(36-9(2)42)21(47)27(13(6-40)58-32)60-33-25(51)22(48)18(44)11(4-38)57-33/h10-34,37-40,43-53H,3-7H2,1-2H3,(H,35,41)(H,36,42)/t10-,11-,12-,13-,14-,15-,16-,17-,18+,19+,20-,21-,22+,23-,24-,25-,26-,27-,28-,29+,30?,31-,32+,33+,34+/m1/s1. The zero-order valence-electron chi connectivity index (χ0n) is 33.2. The molecule has 0 aromatic rings. The SMILES string of the molecule is CC(=O)N[C@H]1[C@H](O[C@H]2[C@@H](O)[C@@H](CO[C@@H]3O[C@H](CO)[C@@H](O)[C@H](O)[C@H]3NC(C)=O)O[C@@H](O[C@H]3[C@H](O)[C@@H](O)C(O)O[C@@H]3CO)[C@@H]2O)O[C@H](CO)[C@@H](O[C@@H]2O[C@H](CO)[C@H](O)[C@H](O)[C@H]2O)[C@@H]1O. The number of carbonyl (C=O) groups is 2. The van der Waals surface area contributed by atoms with Crippen molar-refractivity contribution in [1.82, 2.24) is 10.6 Å². The monoisotopic (exact) mass is 910 g/mol. The van der Waals surface area contributed by atoms with Gasteiger partial charge in [-0.3, -0.25) is 9.59 Å². The van der Waals surface area contributed by atoms with Gasteiger partial charge in [-0.1, -0.05) is 0 Å². The van der Waals surface area contributed by atoms with Crippen LogP contribution >= 0.6 is 0 Å². The minimum atomic E-state index is -2.18. The molecule has 0 radical (unpaired) electrons. The molecule has 0 bridgehead atoms. The Labute approximate surface area is 351 Å². The van der Waals surface area contributed by atoms with Crippen molar-refractivity contribution in [2.75, 3.05) is 33.0 Å². The maximum Gasteiger partial charge on any atom is 0.217 e. The highest BCUT2D eigenvalue weighted by Crippen LogP contribution is 2.35. The number of amides is 2. The molecule has 2 amide bonds. The van der Waals surface area contributed by atoms with E-state index in [-0.39, 0.29) is 0 Å². The van der Waals surface area contributed by atoms with Crippen LogP contribution < -0.4 is 10.6 Å². The molecule has 28 heteroatoms. The lowest BCUT2D eigenvalue weighted by Gasteiger charge is -2.50. The van der Waals surface area contributed by atoms with Crippen LogP contribution in [0.4, 0.5) is 0 Å². The van der Waals surface area contributed by atoms with Crippen molar-refractivity contribution in [3.05, 3.63) is 0 Å². The summed E-state index contributed by atoms with van der Waals surface area (Å²) in [6.45, 7) is -2.30. The summed E-state index contributed by atoms with van der Waals surface area (Å²) >= 11 is 0. The highest BCUT2D eigenvalue weighted by Gasteiger charge is 2.56. The molecule has 5 aliphatic heterocycles. The fraction of sp³-hybridized carbons (Fsp3) is 0.941. The molecular formula is C34H58N2O26. The van der Waals surface area contributed by atoms with Gasteiger partial charge in [-0.15, -0.1) is 0 Å². The van der Waals surface area contributed by atoms with Crippen LogP contribution in [0.15, 0.2) is 0 Å². The Balaban J connectivity index is 1.44. The number of hydrogen-bond acceptors (Lipinski definition) is 26. The number of aliphatic hydroxyl groups is 15. The Hall–Kier alpha value is -2.02. The summed E-state index contributed by atoms with van der Waals surface area (Å²) < 4.78 is 51.0. The van der Waals surface area contributed by atoms with Crippen LogP contribution in [0.25, 0.3) is 0 Å². The van der Waals surface area contributed by atoms with Gasteiger partial charge in [-0.2, -0.15) is 0 Å². The van der Waals surface area contributed by atoms with Crippen LogP contribution in [0.3, 0.4) is 0 Å². The highest BCUT2D eigenvalue weighted by molar-refractivity contribution is 5.73. The van der Waals surface area contributed by atoms with Crippen molar-refractivity contribution < 1.29 is 129 Å². The quantitative estimate of drug-likeness (QED) is 0.0725. The molecule has 5 fully saturated rings. The average Bonchev–Trinajstić information content (AvgIpc) is 3.23. The summed E-state index contributed by atoms with van der Waals surface area (Å²) in [5, 5.41) is 163. The van der Waals surface area contributed by atoms with Crippen LogP contribution in [0, 0.1) is 0 Å². The van der Waals surface area contributed by atoms with E-state index < -0.39 is 198 Å². The number of aliphatic hydroxyl groups excluding tert-OH is 15. The first kappa shape index (κ1) is 51.0. The Morgan fingerprint density at radius 3 is 1.40 bits per heavy atom. The third-order valence-corrected chi connectivity index (χ3v) is 11.1. The van der Waals surface area contributed by atoms with E-state index in [4.69, 9.17) is 42.6 Å². The van der Waals surface area contributed by atoms with Crippen molar-refractivity contribution in [3.8, 4) is 0 Å². The second-order valence-electron chi connectivity index (χ2n) is 15.5. The molecule has 0 aromatic carbocycles. The summed E-state index contributed by atoms with van der Waals surface area (Å²) in [7, 11) is 0. The zero-order chi connectivity index (χ0) is 45.9. The van der Waals surface area contributed by atoms with E-state index in [0.717, 1.165) is 13.8 Å². The Bertz CT molecular complexity index is 1440. The Morgan fingerprint density at radius 1 is 0.419 bits per heavy atom. The maximum absolute atomic E-state index is 12.5. The highest BCUT2D eigenvalue weighted by atomic mass is 16.8. The van der Waals surface area contributed by atoms with Crippen molar-refractivity contribution in [1.29, 1.82) is 0 Å². The average molecular weight is 911 g/mol. The molecule has 5 aliphatic rings. The van der Waals surface area contributed by atoms with Crippen LogP contribution in [0.2, 0.25) is 0 Å². The van der Waals surface area contributed by atoms with Gasteiger partial charge in [0.1, 0.15) is 122 Å². The Kier molecular flexibility index (Phi) is 18.1. The normalized spacial score (nSPS) is 49.0. The van der Waals surface area contributed by atoms with Gasteiger partial charge in [0, 0.05) is 13.8 Å². The third kappa shape index (κ3) is 11.0. The molecule has 5 heterocycles. The van der Waals surface area contributed by atoms with Gasteiger partial charge in [0.05, 0.1) is 33.0 Å². The van der Waals surface area contributed by atoms with Crippen molar-refractivity contribution in [2.24, 2.45) is 0 Å². The first-order valence-electron chi connectivity index (χ1n) is 19.6.